The van der Waals surface area contributed by atoms with E-state index >= 15 is 0 Å². The van der Waals surface area contributed by atoms with E-state index in [0.29, 0.717) is 26.2 Å². The number of ether oxygens (including phenoxy) is 4. The van der Waals surface area contributed by atoms with Gasteiger partial charge < -0.3 is 24.3 Å². The van der Waals surface area contributed by atoms with Crippen LogP contribution in [-0.2, 0) is 23.7 Å². The Kier molecular flexibility index (Phi) is 3.52. The Hall–Kier alpha value is -0.690. The molecule has 1 saturated carbocycles. The maximum atomic E-state index is 12.2. The first kappa shape index (κ1) is 14.3. The molecule has 0 aromatic carbocycles. The third-order valence-electron chi connectivity index (χ3n) is 4.87. The highest BCUT2D eigenvalue weighted by molar-refractivity contribution is 5.79. The van der Waals surface area contributed by atoms with Crippen LogP contribution in [0.15, 0.2) is 0 Å². The first-order valence-electron chi connectivity index (χ1n) is 7.19. The second-order valence-corrected chi connectivity index (χ2v) is 6.44. The first-order valence-corrected chi connectivity index (χ1v) is 7.19. The van der Waals surface area contributed by atoms with Gasteiger partial charge in [-0.1, -0.05) is 0 Å². The number of hydrogen-bond donors (Lipinski definition) is 1. The zero-order valence-corrected chi connectivity index (χ0v) is 12.2. The summed E-state index contributed by atoms with van der Waals surface area (Å²) >= 11 is 0. The maximum absolute atomic E-state index is 12.2. The summed E-state index contributed by atoms with van der Waals surface area (Å²) < 4.78 is 22.3. The number of hydrogen-bond acceptors (Lipinski definition) is 5. The number of fused-ring (bicyclic) bond motifs is 3. The van der Waals surface area contributed by atoms with Gasteiger partial charge in [0.1, 0.15) is 6.79 Å². The van der Waals surface area contributed by atoms with E-state index in [2.05, 4.69) is 5.32 Å². The lowest BCUT2D eigenvalue weighted by Gasteiger charge is -2.57. The van der Waals surface area contributed by atoms with E-state index in [9.17, 15) is 4.79 Å². The normalized spacial score (nSPS) is 39.0. The zero-order valence-electron chi connectivity index (χ0n) is 12.2. The molecule has 1 N–H and O–H groups in total. The smallest absolute Gasteiger partial charge is 0.221 e. The van der Waals surface area contributed by atoms with Gasteiger partial charge in [0.15, 0.2) is 5.79 Å². The van der Waals surface area contributed by atoms with Crippen molar-refractivity contribution in [3.05, 3.63) is 0 Å². The number of carbonyl (C=O) groups excluding carboxylic acids is 1. The second-order valence-electron chi connectivity index (χ2n) is 6.44. The van der Waals surface area contributed by atoms with Gasteiger partial charge in [-0.2, -0.15) is 0 Å². The summed E-state index contributed by atoms with van der Waals surface area (Å²) in [6.07, 6.45) is 2.98. The predicted octanol–water partition coefficient (Wildman–Crippen LogP) is 0.799. The fraction of sp³-hybridized carbons (Fsp3) is 0.929. The third kappa shape index (κ3) is 2.15. The number of amides is 1. The molecule has 2 aliphatic heterocycles. The maximum Gasteiger partial charge on any atom is 0.221 e. The minimum atomic E-state index is -0.659. The number of carbonyl (C=O) groups is 1. The van der Waals surface area contributed by atoms with Crippen LogP contribution in [0.1, 0.15) is 32.6 Å². The van der Waals surface area contributed by atoms with Crippen molar-refractivity contribution < 1.29 is 23.7 Å². The van der Waals surface area contributed by atoms with Crippen molar-refractivity contribution in [3.63, 3.8) is 0 Å². The van der Waals surface area contributed by atoms with E-state index in [-0.39, 0.29) is 18.1 Å². The van der Waals surface area contributed by atoms with Crippen molar-refractivity contribution in [1.82, 2.24) is 5.32 Å². The number of nitrogens with one attached hydrogen (secondary N) is 1. The van der Waals surface area contributed by atoms with Gasteiger partial charge in [-0.25, -0.2) is 0 Å². The SMILES string of the molecule is COCOC[C@]12CCC3(OCCO3)[C@](C)(C1)NC(=O)C2. The highest BCUT2D eigenvalue weighted by Crippen LogP contribution is 2.54. The average Bonchev–Trinajstić information content (AvgIpc) is 2.85. The Labute approximate surface area is 119 Å². The number of methoxy groups -OCH3 is 1. The van der Waals surface area contributed by atoms with Crippen molar-refractivity contribution in [2.45, 2.75) is 43.9 Å². The van der Waals surface area contributed by atoms with Crippen molar-refractivity contribution in [2.24, 2.45) is 5.41 Å². The highest BCUT2D eigenvalue weighted by Gasteiger charge is 2.63. The Bertz CT molecular complexity index is 395. The largest absolute Gasteiger partial charge is 0.359 e. The van der Waals surface area contributed by atoms with Crippen LogP contribution >= 0.6 is 0 Å². The van der Waals surface area contributed by atoms with Gasteiger partial charge in [0.05, 0.1) is 25.4 Å². The molecule has 3 aliphatic rings. The van der Waals surface area contributed by atoms with E-state index in [1.54, 1.807) is 7.11 Å². The van der Waals surface area contributed by atoms with Crippen LogP contribution in [0, 0.1) is 5.41 Å². The molecule has 1 aliphatic carbocycles. The lowest BCUT2D eigenvalue weighted by atomic mass is 9.60. The van der Waals surface area contributed by atoms with Crippen LogP contribution < -0.4 is 5.32 Å². The minimum absolute atomic E-state index is 0.0536. The molecule has 0 aromatic heterocycles. The molecule has 0 radical (unpaired) electrons. The molecule has 2 saturated heterocycles. The molecule has 3 fully saturated rings. The first-order chi connectivity index (χ1) is 9.53. The van der Waals surface area contributed by atoms with Crippen molar-refractivity contribution >= 4 is 5.91 Å². The average molecular weight is 285 g/mol. The van der Waals surface area contributed by atoms with Gasteiger partial charge in [-0.05, 0) is 19.8 Å². The summed E-state index contributed by atoms with van der Waals surface area (Å²) in [4.78, 5) is 12.2. The second kappa shape index (κ2) is 4.94. The Morgan fingerprint density at radius 3 is 2.75 bits per heavy atom. The molecule has 2 bridgehead atoms. The van der Waals surface area contributed by atoms with Crippen LogP contribution in [0.5, 0.6) is 0 Å². The van der Waals surface area contributed by atoms with E-state index in [1.165, 1.54) is 0 Å². The predicted molar refractivity (Wildman–Crippen MR) is 69.9 cm³/mol. The van der Waals surface area contributed by atoms with Crippen molar-refractivity contribution in [1.29, 1.82) is 0 Å². The van der Waals surface area contributed by atoms with E-state index in [0.717, 1.165) is 19.3 Å². The Balaban J connectivity index is 1.81. The lowest BCUT2D eigenvalue weighted by Crippen LogP contribution is -2.71. The molecule has 6 heteroatoms. The molecular formula is C14H23NO5. The summed E-state index contributed by atoms with van der Waals surface area (Å²) in [5.74, 6) is -0.605. The molecule has 20 heavy (non-hydrogen) atoms. The van der Waals surface area contributed by atoms with Crippen LogP contribution in [-0.4, -0.2) is 51.0 Å². The zero-order chi connectivity index (χ0) is 14.3. The molecule has 6 nitrogen and oxygen atoms in total. The third-order valence-corrected chi connectivity index (χ3v) is 4.87. The molecule has 1 amide bonds. The quantitative estimate of drug-likeness (QED) is 0.611. The van der Waals surface area contributed by atoms with Gasteiger partial charge in [0.25, 0.3) is 0 Å². The van der Waals surface area contributed by atoms with Crippen LogP contribution in [0.2, 0.25) is 0 Å². The van der Waals surface area contributed by atoms with Crippen LogP contribution in [0.3, 0.4) is 0 Å². The molecule has 1 spiro atoms. The monoisotopic (exact) mass is 285 g/mol. The van der Waals surface area contributed by atoms with Crippen molar-refractivity contribution in [2.75, 3.05) is 33.7 Å². The van der Waals surface area contributed by atoms with E-state index in [1.807, 2.05) is 6.92 Å². The molecule has 2 atom stereocenters. The summed E-state index contributed by atoms with van der Waals surface area (Å²) in [6.45, 7) is 4.02. The van der Waals surface area contributed by atoms with E-state index < -0.39 is 11.3 Å². The number of piperidine rings is 1. The van der Waals surface area contributed by atoms with Crippen molar-refractivity contribution in [3.8, 4) is 0 Å². The fourth-order valence-corrected chi connectivity index (χ4v) is 4.09. The topological polar surface area (TPSA) is 66.0 Å². The minimum Gasteiger partial charge on any atom is -0.359 e. The fourth-order valence-electron chi connectivity index (χ4n) is 4.09. The molecular weight excluding hydrogens is 262 g/mol. The summed E-state index contributed by atoms with van der Waals surface area (Å²) in [6, 6.07) is 0. The summed E-state index contributed by atoms with van der Waals surface area (Å²) in [5.41, 5.74) is -0.607. The highest BCUT2D eigenvalue weighted by atomic mass is 16.7. The number of rotatable bonds is 4. The van der Waals surface area contributed by atoms with Gasteiger partial charge in [0, 0.05) is 25.4 Å². The Morgan fingerprint density at radius 2 is 2.05 bits per heavy atom. The standard InChI is InChI=1S/C14H23NO5/c1-12-8-13(7-11(16)15-12,9-18-10-17-2)3-4-14(12)19-5-6-20-14/h3-10H2,1-2H3,(H,15,16)/t12-,13-/m0/s1. The van der Waals surface area contributed by atoms with Gasteiger partial charge in [-0.3, -0.25) is 4.79 Å². The lowest BCUT2D eigenvalue weighted by molar-refractivity contribution is -0.255. The van der Waals surface area contributed by atoms with Gasteiger partial charge in [0.2, 0.25) is 5.91 Å². The summed E-state index contributed by atoms with van der Waals surface area (Å²) in [5, 5.41) is 3.10. The molecule has 2 heterocycles. The molecule has 3 rings (SSSR count). The van der Waals surface area contributed by atoms with Crippen LogP contribution in [0.25, 0.3) is 0 Å². The van der Waals surface area contributed by atoms with E-state index in [4.69, 9.17) is 18.9 Å². The molecule has 0 unspecified atom stereocenters. The summed E-state index contributed by atoms with van der Waals surface area (Å²) in [7, 11) is 1.60. The Morgan fingerprint density at radius 1 is 1.30 bits per heavy atom. The molecule has 0 aromatic rings. The molecule has 114 valence electrons. The van der Waals surface area contributed by atoms with Gasteiger partial charge in [-0.15, -0.1) is 0 Å². The van der Waals surface area contributed by atoms with Crippen LogP contribution in [0.4, 0.5) is 0 Å². The van der Waals surface area contributed by atoms with Gasteiger partial charge >= 0.3 is 0 Å².